The molecule has 20 heavy (non-hydrogen) atoms. The lowest BCUT2D eigenvalue weighted by Crippen LogP contribution is -2.56. The first-order valence-corrected chi connectivity index (χ1v) is 6.36. The topological polar surface area (TPSA) is 79.3 Å². The van der Waals surface area contributed by atoms with E-state index >= 15 is 0 Å². The summed E-state index contributed by atoms with van der Waals surface area (Å²) in [5.74, 6) is -0.988. The van der Waals surface area contributed by atoms with Crippen molar-refractivity contribution in [2.24, 2.45) is 5.73 Å². The second-order valence-corrected chi connectivity index (χ2v) is 4.82. The van der Waals surface area contributed by atoms with Crippen LogP contribution in [0.25, 0.3) is 0 Å². The number of nitriles is 1. The van der Waals surface area contributed by atoms with Gasteiger partial charge in [-0.2, -0.15) is 5.26 Å². The summed E-state index contributed by atoms with van der Waals surface area (Å²) in [6.07, 6.45) is -0.280. The van der Waals surface area contributed by atoms with Gasteiger partial charge in [0.15, 0.2) is 0 Å². The van der Waals surface area contributed by atoms with Gasteiger partial charge in [0.05, 0.1) is 18.3 Å². The molecular weight excluding hydrogens is 261 g/mol. The molecule has 0 radical (unpaired) electrons. The van der Waals surface area contributed by atoms with E-state index in [9.17, 15) is 9.18 Å². The van der Waals surface area contributed by atoms with Gasteiger partial charge in [0.25, 0.3) is 0 Å². The fourth-order valence-corrected chi connectivity index (χ4v) is 2.46. The summed E-state index contributed by atoms with van der Waals surface area (Å²) in [6, 6.07) is 5.65. The minimum absolute atomic E-state index is 0.000525. The quantitative estimate of drug-likeness (QED) is 0.885. The third kappa shape index (κ3) is 2.95. The van der Waals surface area contributed by atoms with Gasteiger partial charge in [-0.05, 0) is 24.6 Å². The van der Waals surface area contributed by atoms with Crippen molar-refractivity contribution in [3.63, 3.8) is 0 Å². The number of hydrogen-bond acceptors (Lipinski definition) is 4. The first-order valence-electron chi connectivity index (χ1n) is 6.36. The molecule has 5 nitrogen and oxygen atoms in total. The van der Waals surface area contributed by atoms with Crippen molar-refractivity contribution in [1.29, 1.82) is 5.26 Å². The summed E-state index contributed by atoms with van der Waals surface area (Å²) in [7, 11) is 0. The second kappa shape index (κ2) is 5.99. The number of morpholine rings is 1. The van der Waals surface area contributed by atoms with E-state index in [0.717, 1.165) is 5.56 Å². The summed E-state index contributed by atoms with van der Waals surface area (Å²) >= 11 is 0. The van der Waals surface area contributed by atoms with Crippen LogP contribution in [0.3, 0.4) is 0 Å². The number of amides is 1. The number of primary amides is 1. The molecule has 6 heteroatoms. The highest BCUT2D eigenvalue weighted by Crippen LogP contribution is 2.18. The molecule has 1 aliphatic rings. The molecule has 1 fully saturated rings. The van der Waals surface area contributed by atoms with E-state index in [1.54, 1.807) is 19.1 Å². The van der Waals surface area contributed by atoms with Gasteiger partial charge in [-0.15, -0.1) is 0 Å². The highest BCUT2D eigenvalue weighted by molar-refractivity contribution is 5.80. The monoisotopic (exact) mass is 277 g/mol. The lowest BCUT2D eigenvalue weighted by atomic mass is 10.1. The van der Waals surface area contributed by atoms with Crippen molar-refractivity contribution in [2.45, 2.75) is 25.6 Å². The predicted octanol–water partition coefficient (Wildman–Crippen LogP) is 0.772. The molecule has 0 aliphatic carbocycles. The number of benzene rings is 1. The predicted molar refractivity (Wildman–Crippen MR) is 69.9 cm³/mol. The first-order chi connectivity index (χ1) is 9.52. The number of ether oxygens (including phenoxy) is 1. The van der Waals surface area contributed by atoms with Crippen LogP contribution in [0.1, 0.15) is 18.1 Å². The Morgan fingerprint density at radius 1 is 1.65 bits per heavy atom. The van der Waals surface area contributed by atoms with E-state index in [2.05, 4.69) is 0 Å². The van der Waals surface area contributed by atoms with Gasteiger partial charge in [0.2, 0.25) is 5.91 Å². The average Bonchev–Trinajstić information content (AvgIpc) is 2.40. The normalized spacial score (nSPS) is 23.2. The molecule has 0 bridgehead atoms. The van der Waals surface area contributed by atoms with Crippen molar-refractivity contribution in [3.8, 4) is 6.07 Å². The Bertz CT molecular complexity index is 556. The Morgan fingerprint density at radius 3 is 3.05 bits per heavy atom. The summed E-state index contributed by atoms with van der Waals surface area (Å²) in [4.78, 5) is 13.4. The van der Waals surface area contributed by atoms with Gasteiger partial charge in [-0.3, -0.25) is 9.69 Å². The number of rotatable bonds is 3. The first kappa shape index (κ1) is 14.4. The van der Waals surface area contributed by atoms with Crippen LogP contribution >= 0.6 is 0 Å². The third-order valence-corrected chi connectivity index (χ3v) is 3.43. The minimum Gasteiger partial charge on any atom is -0.375 e. The summed E-state index contributed by atoms with van der Waals surface area (Å²) in [5, 5.41) is 8.83. The number of nitrogens with two attached hydrogens (primary N) is 1. The van der Waals surface area contributed by atoms with E-state index in [1.165, 1.54) is 12.1 Å². The molecule has 1 heterocycles. The van der Waals surface area contributed by atoms with Crippen molar-refractivity contribution < 1.29 is 13.9 Å². The van der Waals surface area contributed by atoms with Crippen LogP contribution in [0, 0.1) is 17.1 Å². The van der Waals surface area contributed by atoms with Crippen molar-refractivity contribution >= 4 is 5.91 Å². The number of carbonyl (C=O) groups is 1. The number of nitrogens with zero attached hydrogens (tertiary/aromatic N) is 2. The molecular formula is C14H16FN3O2. The zero-order valence-electron chi connectivity index (χ0n) is 11.2. The van der Waals surface area contributed by atoms with E-state index in [1.807, 2.05) is 4.90 Å². The van der Waals surface area contributed by atoms with Crippen LogP contribution in [0.4, 0.5) is 4.39 Å². The fraction of sp³-hybridized carbons (Fsp3) is 0.429. The molecule has 1 saturated heterocycles. The van der Waals surface area contributed by atoms with Crippen LogP contribution in [-0.4, -0.2) is 36.1 Å². The smallest absolute Gasteiger partial charge is 0.237 e. The summed E-state index contributed by atoms with van der Waals surface area (Å²) in [6.45, 7) is 3.30. The Balaban J connectivity index is 2.19. The van der Waals surface area contributed by atoms with Crippen LogP contribution in [0.15, 0.2) is 18.2 Å². The van der Waals surface area contributed by atoms with Crippen molar-refractivity contribution in [3.05, 3.63) is 35.1 Å². The number of carbonyl (C=O) groups excluding carboxylic acids is 1. The highest BCUT2D eigenvalue weighted by Gasteiger charge is 2.33. The fourth-order valence-electron chi connectivity index (χ4n) is 2.46. The van der Waals surface area contributed by atoms with Crippen LogP contribution in [-0.2, 0) is 16.1 Å². The molecule has 2 atom stereocenters. The van der Waals surface area contributed by atoms with Gasteiger partial charge in [0, 0.05) is 13.1 Å². The SMILES string of the molecule is C[C@H]1OCCN(Cc2ccc(F)c(C#N)c2)[C@@H]1C(N)=O. The third-order valence-electron chi connectivity index (χ3n) is 3.43. The molecule has 0 spiro atoms. The van der Waals surface area contributed by atoms with Gasteiger partial charge < -0.3 is 10.5 Å². The molecule has 2 N–H and O–H groups in total. The maximum absolute atomic E-state index is 13.3. The molecule has 0 unspecified atom stereocenters. The molecule has 1 aliphatic heterocycles. The highest BCUT2D eigenvalue weighted by atomic mass is 19.1. The summed E-state index contributed by atoms with van der Waals surface area (Å²) in [5.41, 5.74) is 6.18. The maximum atomic E-state index is 13.3. The number of halogens is 1. The molecule has 0 saturated carbocycles. The van der Waals surface area contributed by atoms with Gasteiger partial charge in [-0.1, -0.05) is 6.07 Å². The van der Waals surface area contributed by atoms with Gasteiger partial charge in [0.1, 0.15) is 17.9 Å². The Hall–Kier alpha value is -1.97. The zero-order chi connectivity index (χ0) is 14.7. The Kier molecular flexibility index (Phi) is 4.32. The van der Waals surface area contributed by atoms with Gasteiger partial charge in [-0.25, -0.2) is 4.39 Å². The Labute approximate surface area is 116 Å². The zero-order valence-corrected chi connectivity index (χ0v) is 11.2. The molecule has 106 valence electrons. The van der Waals surface area contributed by atoms with E-state index in [0.29, 0.717) is 19.7 Å². The largest absolute Gasteiger partial charge is 0.375 e. The van der Waals surface area contributed by atoms with Crippen molar-refractivity contribution in [1.82, 2.24) is 4.90 Å². The molecule has 1 amide bonds. The molecule has 1 aromatic rings. The van der Waals surface area contributed by atoms with E-state index < -0.39 is 17.8 Å². The van der Waals surface area contributed by atoms with Gasteiger partial charge >= 0.3 is 0 Å². The van der Waals surface area contributed by atoms with E-state index in [4.69, 9.17) is 15.7 Å². The lowest BCUT2D eigenvalue weighted by molar-refractivity contribution is -0.136. The van der Waals surface area contributed by atoms with Crippen LogP contribution < -0.4 is 5.73 Å². The lowest BCUT2D eigenvalue weighted by Gasteiger charge is -2.37. The maximum Gasteiger partial charge on any atom is 0.237 e. The second-order valence-electron chi connectivity index (χ2n) is 4.82. The molecule has 1 aromatic carbocycles. The van der Waals surface area contributed by atoms with Crippen LogP contribution in [0.5, 0.6) is 0 Å². The number of hydrogen-bond donors (Lipinski definition) is 1. The minimum atomic E-state index is -0.543. The molecule has 0 aromatic heterocycles. The average molecular weight is 277 g/mol. The summed E-state index contributed by atoms with van der Waals surface area (Å²) < 4.78 is 18.7. The standard InChI is InChI=1S/C14H16FN3O2/c1-9-13(14(17)19)18(4-5-20-9)8-10-2-3-12(15)11(6-10)7-16/h2-3,6,9,13H,4-5,8H2,1H3,(H2,17,19)/t9-,13+/m1/s1. The van der Waals surface area contributed by atoms with Crippen molar-refractivity contribution in [2.75, 3.05) is 13.2 Å². The van der Waals surface area contributed by atoms with Crippen LogP contribution in [0.2, 0.25) is 0 Å². The Morgan fingerprint density at radius 2 is 2.40 bits per heavy atom. The van der Waals surface area contributed by atoms with E-state index in [-0.39, 0.29) is 11.7 Å². The molecule has 2 rings (SSSR count).